The highest BCUT2D eigenvalue weighted by Gasteiger charge is 2.19. The van der Waals surface area contributed by atoms with Crippen LogP contribution in [-0.2, 0) is 13.7 Å². The highest BCUT2D eigenvalue weighted by molar-refractivity contribution is 7.33. The van der Waals surface area contributed by atoms with E-state index >= 15 is 0 Å². The summed E-state index contributed by atoms with van der Waals surface area (Å²) in [5.41, 5.74) is 7.84. The molecule has 4 N–H and O–H groups in total. The number of nitrogens with one attached hydrogen (secondary N) is 2. The Morgan fingerprint density at radius 2 is 2.13 bits per heavy atom. The summed E-state index contributed by atoms with van der Waals surface area (Å²) in [6, 6.07) is 0. The van der Waals surface area contributed by atoms with Crippen molar-refractivity contribution in [2.45, 2.75) is 19.8 Å². The summed E-state index contributed by atoms with van der Waals surface area (Å²) >= 11 is 0. The van der Waals surface area contributed by atoms with Crippen molar-refractivity contribution in [3.63, 3.8) is 0 Å². The van der Waals surface area contributed by atoms with Gasteiger partial charge in [-0.1, -0.05) is 13.3 Å². The van der Waals surface area contributed by atoms with Crippen LogP contribution >= 0.6 is 8.25 Å². The second-order valence-corrected chi connectivity index (χ2v) is 3.82. The van der Waals surface area contributed by atoms with Crippen molar-refractivity contribution in [3.8, 4) is 0 Å². The summed E-state index contributed by atoms with van der Waals surface area (Å²) in [4.78, 5) is 0. The van der Waals surface area contributed by atoms with E-state index < -0.39 is 8.25 Å². The molecule has 0 aliphatic carbocycles. The molecule has 0 aromatic heterocycles. The molecule has 6 nitrogen and oxygen atoms in total. The molecule has 0 radical (unpaired) electrons. The Hall–Kier alpha value is -0.100. The first-order valence-corrected chi connectivity index (χ1v) is 6.31. The summed E-state index contributed by atoms with van der Waals surface area (Å²) in [5.74, 6) is 0. The average Bonchev–Trinajstić information content (AvgIpc) is 2.23. The van der Waals surface area contributed by atoms with E-state index in [4.69, 9.17) is 14.9 Å². The minimum Gasteiger partial charge on any atom is -0.329 e. The Morgan fingerprint density at radius 3 is 2.80 bits per heavy atom. The predicted molar refractivity (Wildman–Crippen MR) is 59.5 cm³/mol. The second kappa shape index (κ2) is 12.0. The molecule has 0 heterocycles. The van der Waals surface area contributed by atoms with Gasteiger partial charge in [-0.15, -0.1) is 10.0 Å². The smallest absolute Gasteiger partial charge is 0.329 e. The monoisotopic (exact) mass is 238 g/mol. The van der Waals surface area contributed by atoms with Crippen LogP contribution in [0.5, 0.6) is 0 Å². The molecule has 1 atom stereocenters. The van der Waals surface area contributed by atoms with Crippen molar-refractivity contribution in [2.75, 3.05) is 32.8 Å². The van der Waals surface area contributed by atoms with Gasteiger partial charge in [0.2, 0.25) is 0 Å². The Morgan fingerprint density at radius 1 is 1.33 bits per heavy atom. The van der Waals surface area contributed by atoms with Gasteiger partial charge in [0.25, 0.3) is 0 Å². The molecule has 90 valence electrons. The molecule has 0 aromatic rings. The van der Waals surface area contributed by atoms with E-state index in [1.165, 1.54) is 0 Å². The second-order valence-electron chi connectivity index (χ2n) is 2.93. The molecule has 7 heteroatoms. The van der Waals surface area contributed by atoms with Gasteiger partial charge < -0.3 is 11.1 Å². The van der Waals surface area contributed by atoms with E-state index in [9.17, 15) is 4.57 Å². The van der Waals surface area contributed by atoms with Gasteiger partial charge in [0, 0.05) is 30.7 Å². The van der Waals surface area contributed by atoms with Gasteiger partial charge in [-0.3, -0.25) is 0 Å². The molecule has 1 unspecified atom stereocenters. The van der Waals surface area contributed by atoms with Gasteiger partial charge in [-0.2, -0.15) is 0 Å². The first-order valence-electron chi connectivity index (χ1n) is 5.22. The number of hydroxylamine groups is 1. The van der Waals surface area contributed by atoms with Crippen molar-refractivity contribution >= 4 is 8.25 Å². The molecular formula is C8H21N3O3P+. The first-order chi connectivity index (χ1) is 7.31. The predicted octanol–water partition coefficient (Wildman–Crippen LogP) is 0.530. The maximum absolute atomic E-state index is 11.0. The fourth-order valence-electron chi connectivity index (χ4n) is 0.775. The van der Waals surface area contributed by atoms with Crippen LogP contribution in [0.4, 0.5) is 0 Å². The van der Waals surface area contributed by atoms with Gasteiger partial charge >= 0.3 is 8.25 Å². The zero-order valence-electron chi connectivity index (χ0n) is 9.20. The molecule has 0 aliphatic rings. The number of hydrogen-bond donors (Lipinski definition) is 3. The van der Waals surface area contributed by atoms with Crippen LogP contribution < -0.4 is 16.5 Å². The molecule has 0 fully saturated rings. The zero-order valence-corrected chi connectivity index (χ0v) is 10.1. The minimum atomic E-state index is -2.03. The topological polar surface area (TPSA) is 85.6 Å². The van der Waals surface area contributed by atoms with Gasteiger partial charge in [0.15, 0.2) is 0 Å². The molecule has 0 bridgehead atoms. The minimum absolute atomic E-state index is 0.471. The van der Waals surface area contributed by atoms with Crippen LogP contribution in [-0.4, -0.2) is 32.8 Å². The van der Waals surface area contributed by atoms with Crippen molar-refractivity contribution < 1.29 is 13.7 Å². The lowest BCUT2D eigenvalue weighted by atomic mass is 10.4. The molecule has 0 spiro atoms. The van der Waals surface area contributed by atoms with Crippen LogP contribution in [0, 0.1) is 0 Å². The van der Waals surface area contributed by atoms with Gasteiger partial charge in [-0.05, 0) is 11.0 Å². The zero-order chi connectivity index (χ0) is 11.4. The Labute approximate surface area is 91.8 Å². The number of hydrogen-bond acceptors (Lipinski definition) is 6. The highest BCUT2D eigenvalue weighted by atomic mass is 31.1. The van der Waals surface area contributed by atoms with Gasteiger partial charge in [0.1, 0.15) is 6.61 Å². The molecule has 0 saturated carbocycles. The number of unbranched alkanes of at least 4 members (excludes halogenated alkanes) is 1. The van der Waals surface area contributed by atoms with Crippen molar-refractivity contribution in [3.05, 3.63) is 0 Å². The molecule has 15 heavy (non-hydrogen) atoms. The molecule has 0 amide bonds. The Balaban J connectivity index is 3.10. The third-order valence-electron chi connectivity index (χ3n) is 1.56. The maximum Gasteiger partial charge on any atom is 0.716 e. The lowest BCUT2D eigenvalue weighted by Gasteiger charge is -1.99. The Bertz CT molecular complexity index is 160. The third kappa shape index (κ3) is 11.8. The van der Waals surface area contributed by atoms with Crippen LogP contribution in [0.25, 0.3) is 0 Å². The van der Waals surface area contributed by atoms with Gasteiger partial charge in [-0.25, -0.2) is 0 Å². The summed E-state index contributed by atoms with van der Waals surface area (Å²) in [6.07, 6.45) is 1.90. The number of rotatable bonds is 11. The SMILES string of the molecule is CCCCO[P+](=O)ONCCNCCN. The Kier molecular flexibility index (Phi) is 11.9. The fourth-order valence-corrected chi connectivity index (χ4v) is 1.30. The van der Waals surface area contributed by atoms with E-state index in [0.717, 1.165) is 25.9 Å². The van der Waals surface area contributed by atoms with E-state index in [1.54, 1.807) is 0 Å². The standard InChI is InChI=1S/C8H21N3O3P/c1-2-3-8-13-15(12)14-11-7-6-10-5-4-9/h10-11H,2-9H2,1H3/q+1. The normalized spacial score (nSPS) is 11.7. The van der Waals surface area contributed by atoms with Crippen molar-refractivity contribution in [1.29, 1.82) is 0 Å². The summed E-state index contributed by atoms with van der Waals surface area (Å²) in [6.45, 7) is 5.17. The molecule has 0 aliphatic heterocycles. The van der Waals surface area contributed by atoms with Crippen molar-refractivity contribution in [2.24, 2.45) is 5.73 Å². The summed E-state index contributed by atoms with van der Waals surface area (Å²) < 4.78 is 20.6. The summed E-state index contributed by atoms with van der Waals surface area (Å²) in [7, 11) is -2.03. The van der Waals surface area contributed by atoms with Gasteiger partial charge in [0.05, 0.1) is 0 Å². The van der Waals surface area contributed by atoms with Crippen molar-refractivity contribution in [1.82, 2.24) is 10.8 Å². The first kappa shape index (κ1) is 14.9. The molecule has 0 saturated heterocycles. The maximum atomic E-state index is 11.0. The molecule has 0 aromatic carbocycles. The lowest BCUT2D eigenvalue weighted by molar-refractivity contribution is 0.156. The molecule has 0 rings (SSSR count). The van der Waals surface area contributed by atoms with E-state index in [1.807, 2.05) is 6.92 Å². The van der Waals surface area contributed by atoms with Crippen LogP contribution in [0.3, 0.4) is 0 Å². The van der Waals surface area contributed by atoms with E-state index in [0.29, 0.717) is 19.7 Å². The van der Waals surface area contributed by atoms with Crippen LogP contribution in [0.15, 0.2) is 0 Å². The summed E-state index contributed by atoms with van der Waals surface area (Å²) in [5, 5.41) is 3.06. The quantitative estimate of drug-likeness (QED) is 0.276. The van der Waals surface area contributed by atoms with E-state index in [-0.39, 0.29) is 0 Å². The highest BCUT2D eigenvalue weighted by Crippen LogP contribution is 2.21. The number of nitrogens with two attached hydrogens (primary N) is 1. The lowest BCUT2D eigenvalue weighted by Crippen LogP contribution is -2.30. The molecular weight excluding hydrogens is 217 g/mol. The largest absolute Gasteiger partial charge is 0.716 e. The fraction of sp³-hybridized carbons (Fsp3) is 1.00. The van der Waals surface area contributed by atoms with Crippen LogP contribution in [0.2, 0.25) is 0 Å². The third-order valence-corrected chi connectivity index (χ3v) is 2.23. The van der Waals surface area contributed by atoms with E-state index in [2.05, 4.69) is 10.8 Å². The van der Waals surface area contributed by atoms with Crippen LogP contribution in [0.1, 0.15) is 19.8 Å². The average molecular weight is 238 g/mol.